The number of ether oxygens (including phenoxy) is 2. The first-order valence-electron chi connectivity index (χ1n) is 7.21. The largest absolute Gasteiger partial charge is 0.493 e. The Morgan fingerprint density at radius 2 is 1.91 bits per heavy atom. The molecule has 1 aliphatic rings. The summed E-state index contributed by atoms with van der Waals surface area (Å²) < 4.78 is 34.8. The van der Waals surface area contributed by atoms with Gasteiger partial charge in [-0.05, 0) is 18.2 Å². The number of fused-ring (bicyclic) bond motifs is 1. The zero-order chi connectivity index (χ0) is 16.2. The molecule has 0 aromatic heterocycles. The Morgan fingerprint density at radius 3 is 2.74 bits per heavy atom. The summed E-state index contributed by atoms with van der Waals surface area (Å²) in [6.45, 7) is -2.50. The topological polar surface area (TPSA) is 47.6 Å². The van der Waals surface area contributed by atoms with Gasteiger partial charge in [-0.15, -0.1) is 0 Å². The third-order valence-corrected chi connectivity index (χ3v) is 3.61. The quantitative estimate of drug-likeness (QED) is 0.937. The molecule has 0 bridgehead atoms. The molecule has 0 aliphatic carbocycles. The summed E-state index contributed by atoms with van der Waals surface area (Å²) in [6.07, 6.45) is 0.612. The number of carbonyl (C=O) groups is 1. The average molecular weight is 319 g/mol. The van der Waals surface area contributed by atoms with Gasteiger partial charge in [-0.2, -0.15) is 8.78 Å². The van der Waals surface area contributed by atoms with Crippen LogP contribution in [-0.2, 0) is 0 Å². The third kappa shape index (κ3) is 3.41. The van der Waals surface area contributed by atoms with E-state index in [4.69, 9.17) is 4.74 Å². The van der Waals surface area contributed by atoms with Crippen LogP contribution in [0.15, 0.2) is 48.5 Å². The van der Waals surface area contributed by atoms with Crippen molar-refractivity contribution in [3.63, 3.8) is 0 Å². The fraction of sp³-hybridized carbons (Fsp3) is 0.235. The summed E-state index contributed by atoms with van der Waals surface area (Å²) in [4.78, 5) is 12.4. The van der Waals surface area contributed by atoms with Crippen LogP contribution in [-0.4, -0.2) is 19.1 Å². The van der Waals surface area contributed by atoms with Crippen LogP contribution in [0.5, 0.6) is 11.5 Å². The zero-order valence-electron chi connectivity index (χ0n) is 12.2. The molecule has 1 atom stereocenters. The molecule has 6 heteroatoms. The Bertz CT molecular complexity index is 706. The van der Waals surface area contributed by atoms with Crippen molar-refractivity contribution in [2.24, 2.45) is 0 Å². The molecule has 1 aliphatic heterocycles. The normalized spacial score (nSPS) is 16.4. The zero-order valence-corrected chi connectivity index (χ0v) is 12.2. The van der Waals surface area contributed by atoms with Crippen molar-refractivity contribution in [3.8, 4) is 11.5 Å². The molecular weight excluding hydrogens is 304 g/mol. The number of hydrogen-bond donors (Lipinski definition) is 1. The lowest BCUT2D eigenvalue weighted by molar-refractivity contribution is -0.0501. The van der Waals surface area contributed by atoms with Gasteiger partial charge >= 0.3 is 6.61 Å². The highest BCUT2D eigenvalue weighted by molar-refractivity contribution is 5.97. The minimum atomic E-state index is -2.98. The number of alkyl halides is 2. The van der Waals surface area contributed by atoms with Crippen molar-refractivity contribution in [1.82, 2.24) is 5.32 Å². The first-order valence-corrected chi connectivity index (χ1v) is 7.21. The molecule has 23 heavy (non-hydrogen) atoms. The van der Waals surface area contributed by atoms with Crippen molar-refractivity contribution in [2.45, 2.75) is 19.1 Å². The molecular formula is C17H15F2NO3. The van der Waals surface area contributed by atoms with Crippen LogP contribution in [0.1, 0.15) is 28.4 Å². The van der Waals surface area contributed by atoms with Gasteiger partial charge in [0.25, 0.3) is 5.91 Å². The number of para-hydroxylation sites is 2. The van der Waals surface area contributed by atoms with E-state index >= 15 is 0 Å². The van der Waals surface area contributed by atoms with E-state index in [1.165, 1.54) is 18.2 Å². The van der Waals surface area contributed by atoms with Crippen LogP contribution in [0.4, 0.5) is 8.78 Å². The lowest BCUT2D eigenvalue weighted by atomic mass is 10.00. The molecule has 0 fully saturated rings. The highest BCUT2D eigenvalue weighted by Crippen LogP contribution is 2.32. The van der Waals surface area contributed by atoms with Crippen molar-refractivity contribution < 1.29 is 23.0 Å². The number of amides is 1. The number of rotatable bonds is 4. The molecule has 0 saturated carbocycles. The molecule has 0 unspecified atom stereocenters. The van der Waals surface area contributed by atoms with Crippen molar-refractivity contribution in [1.29, 1.82) is 0 Å². The Hall–Kier alpha value is -2.63. The second-order valence-corrected chi connectivity index (χ2v) is 5.08. The van der Waals surface area contributed by atoms with E-state index in [2.05, 4.69) is 10.1 Å². The predicted octanol–water partition coefficient (Wildman–Crippen LogP) is 3.54. The second kappa shape index (κ2) is 6.64. The summed E-state index contributed by atoms with van der Waals surface area (Å²) >= 11 is 0. The minimum Gasteiger partial charge on any atom is -0.493 e. The second-order valence-electron chi connectivity index (χ2n) is 5.08. The maximum Gasteiger partial charge on any atom is 0.387 e. The summed E-state index contributed by atoms with van der Waals surface area (Å²) in [5.41, 5.74) is 0.955. The van der Waals surface area contributed by atoms with Crippen molar-refractivity contribution in [3.05, 3.63) is 59.7 Å². The van der Waals surface area contributed by atoms with E-state index in [0.717, 1.165) is 11.3 Å². The van der Waals surface area contributed by atoms with Gasteiger partial charge in [-0.1, -0.05) is 30.3 Å². The minimum absolute atomic E-state index is 0.0803. The SMILES string of the molecule is O=C(N[C@H]1CCOc2ccccc21)c1ccccc1OC(F)F. The number of nitrogens with one attached hydrogen (secondary N) is 1. The van der Waals surface area contributed by atoms with E-state index in [9.17, 15) is 13.6 Å². The lowest BCUT2D eigenvalue weighted by Gasteiger charge is -2.26. The molecule has 120 valence electrons. The van der Waals surface area contributed by atoms with Crippen LogP contribution in [0.2, 0.25) is 0 Å². The van der Waals surface area contributed by atoms with E-state index in [1.807, 2.05) is 24.3 Å². The van der Waals surface area contributed by atoms with Gasteiger partial charge < -0.3 is 14.8 Å². The molecule has 1 amide bonds. The average Bonchev–Trinajstić information content (AvgIpc) is 2.55. The molecule has 2 aromatic carbocycles. The fourth-order valence-electron chi connectivity index (χ4n) is 2.58. The third-order valence-electron chi connectivity index (χ3n) is 3.61. The molecule has 0 spiro atoms. The number of benzene rings is 2. The standard InChI is InChI=1S/C17H15F2NO3/c18-17(19)23-15-8-4-2-6-12(15)16(21)20-13-9-10-22-14-7-3-1-5-11(13)14/h1-8,13,17H,9-10H2,(H,20,21)/t13-/m0/s1. The monoisotopic (exact) mass is 319 g/mol. The van der Waals surface area contributed by atoms with Gasteiger partial charge in [0, 0.05) is 12.0 Å². The van der Waals surface area contributed by atoms with E-state index < -0.39 is 12.5 Å². The number of carbonyl (C=O) groups excluding carboxylic acids is 1. The van der Waals surface area contributed by atoms with Gasteiger partial charge in [0.2, 0.25) is 0 Å². The van der Waals surface area contributed by atoms with Crippen LogP contribution >= 0.6 is 0 Å². The molecule has 4 nitrogen and oxygen atoms in total. The highest BCUT2D eigenvalue weighted by Gasteiger charge is 2.24. The van der Waals surface area contributed by atoms with Gasteiger partial charge in [0.05, 0.1) is 18.2 Å². The van der Waals surface area contributed by atoms with E-state index in [0.29, 0.717) is 13.0 Å². The summed E-state index contributed by atoms with van der Waals surface area (Å²) in [7, 11) is 0. The summed E-state index contributed by atoms with van der Waals surface area (Å²) in [6, 6.07) is 13.1. The molecule has 0 saturated heterocycles. The van der Waals surface area contributed by atoms with Gasteiger partial charge in [0.1, 0.15) is 11.5 Å². The molecule has 3 rings (SSSR count). The fourth-order valence-corrected chi connectivity index (χ4v) is 2.58. The van der Waals surface area contributed by atoms with E-state index in [1.54, 1.807) is 6.07 Å². The van der Waals surface area contributed by atoms with Crippen molar-refractivity contribution in [2.75, 3.05) is 6.61 Å². The Labute approximate surface area is 132 Å². The highest BCUT2D eigenvalue weighted by atomic mass is 19.3. The first-order chi connectivity index (χ1) is 11.1. The molecule has 1 N–H and O–H groups in total. The van der Waals surface area contributed by atoms with Crippen LogP contribution in [0.3, 0.4) is 0 Å². The number of hydrogen-bond acceptors (Lipinski definition) is 3. The Kier molecular flexibility index (Phi) is 4.41. The van der Waals surface area contributed by atoms with Crippen molar-refractivity contribution >= 4 is 5.91 Å². The van der Waals surface area contributed by atoms with Crippen LogP contribution in [0.25, 0.3) is 0 Å². The smallest absolute Gasteiger partial charge is 0.387 e. The summed E-state index contributed by atoms with van der Waals surface area (Å²) in [5.74, 6) is 0.129. The Morgan fingerprint density at radius 1 is 1.17 bits per heavy atom. The molecule has 0 radical (unpaired) electrons. The maximum absolute atomic E-state index is 12.4. The van der Waals surface area contributed by atoms with Gasteiger partial charge in [-0.25, -0.2) is 0 Å². The van der Waals surface area contributed by atoms with Gasteiger partial charge in [-0.3, -0.25) is 4.79 Å². The maximum atomic E-state index is 12.4. The molecule has 2 aromatic rings. The van der Waals surface area contributed by atoms with E-state index in [-0.39, 0.29) is 17.4 Å². The lowest BCUT2D eigenvalue weighted by Crippen LogP contribution is -2.32. The number of halogens is 2. The Balaban J connectivity index is 1.81. The van der Waals surface area contributed by atoms with Crippen LogP contribution < -0.4 is 14.8 Å². The first kappa shape index (κ1) is 15.3. The summed E-state index contributed by atoms with van der Waals surface area (Å²) in [5, 5.41) is 2.86. The molecule has 1 heterocycles. The predicted molar refractivity (Wildman–Crippen MR) is 79.8 cm³/mol. The van der Waals surface area contributed by atoms with Crippen LogP contribution in [0, 0.1) is 0 Å². The van der Waals surface area contributed by atoms with Gasteiger partial charge in [0.15, 0.2) is 0 Å².